The summed E-state index contributed by atoms with van der Waals surface area (Å²) in [6.45, 7) is 0.916. The van der Waals surface area contributed by atoms with Gasteiger partial charge in [-0.15, -0.1) is 0 Å². The number of amides is 1. The smallest absolute Gasteiger partial charge is 0.338 e. The van der Waals surface area contributed by atoms with Crippen LogP contribution < -0.4 is 10.4 Å². The maximum atomic E-state index is 13.3. The lowest BCUT2D eigenvalue weighted by Crippen LogP contribution is -2.39. The predicted molar refractivity (Wildman–Crippen MR) is 101 cm³/mol. The molecule has 1 atom stereocenters. The maximum Gasteiger partial charge on any atom is 0.338 e. The first-order valence-corrected chi connectivity index (χ1v) is 9.11. The number of carbonyl (C=O) groups excluding carboxylic acids is 1. The molecule has 152 valence electrons. The Hall–Kier alpha value is -3.27. The van der Waals surface area contributed by atoms with Crippen molar-refractivity contribution >= 4 is 17.2 Å². The number of fused-ring (bicyclic) bond motifs is 1. The highest BCUT2D eigenvalue weighted by Crippen LogP contribution is 2.20. The zero-order valence-corrected chi connectivity index (χ0v) is 16.0. The zero-order valence-electron chi connectivity index (χ0n) is 16.0. The first-order chi connectivity index (χ1) is 14.0. The third-order valence-corrected chi connectivity index (χ3v) is 4.82. The number of hydrogen-bond donors (Lipinski definition) is 0. The summed E-state index contributed by atoms with van der Waals surface area (Å²) in [5, 5.41) is 0. The third kappa shape index (κ3) is 3.58. The van der Waals surface area contributed by atoms with Crippen LogP contribution in [0, 0.1) is 5.82 Å². The number of likely N-dealkylation sites (tertiary alicyclic amines) is 1. The van der Waals surface area contributed by atoms with Crippen LogP contribution in [0.5, 0.6) is 5.75 Å². The lowest BCUT2D eigenvalue weighted by molar-refractivity contribution is 0.178. The molecule has 3 heterocycles. The molecule has 0 radical (unpaired) electrons. The number of carbonyl (C=O) groups is 1. The molecule has 0 bridgehead atoms. The number of imidazole rings is 1. The van der Waals surface area contributed by atoms with Crippen molar-refractivity contribution in [1.29, 1.82) is 0 Å². The van der Waals surface area contributed by atoms with Gasteiger partial charge in [0.2, 0.25) is 0 Å². The fraction of sp³-hybridized carbons (Fsp3) is 0.368. The molecule has 0 spiro atoms. The summed E-state index contributed by atoms with van der Waals surface area (Å²) in [6.07, 6.45) is 1.75. The van der Waals surface area contributed by atoms with Crippen LogP contribution in [-0.4, -0.2) is 56.3 Å². The molecule has 29 heavy (non-hydrogen) atoms. The van der Waals surface area contributed by atoms with E-state index in [0.717, 1.165) is 4.57 Å². The fourth-order valence-corrected chi connectivity index (χ4v) is 3.41. The molecule has 4 rings (SSSR count). The highest BCUT2D eigenvalue weighted by Gasteiger charge is 2.31. The number of halogens is 1. The van der Waals surface area contributed by atoms with Gasteiger partial charge in [0, 0.05) is 33.2 Å². The normalized spacial score (nSPS) is 16.5. The van der Waals surface area contributed by atoms with Crippen LogP contribution in [0.2, 0.25) is 0 Å². The highest BCUT2D eigenvalue weighted by atomic mass is 19.1. The van der Waals surface area contributed by atoms with E-state index in [1.807, 2.05) is 0 Å². The van der Waals surface area contributed by atoms with Crippen molar-refractivity contribution in [3.05, 3.63) is 52.6 Å². The van der Waals surface area contributed by atoms with Crippen LogP contribution in [0.4, 0.5) is 9.18 Å². The van der Waals surface area contributed by atoms with Crippen LogP contribution in [-0.2, 0) is 18.4 Å². The zero-order chi connectivity index (χ0) is 20.5. The van der Waals surface area contributed by atoms with Gasteiger partial charge >= 0.3 is 11.7 Å². The van der Waals surface area contributed by atoms with Crippen LogP contribution in [0.3, 0.4) is 0 Å². The van der Waals surface area contributed by atoms with E-state index in [-0.39, 0.29) is 18.5 Å². The molecule has 2 aromatic heterocycles. The molecule has 9 nitrogen and oxygen atoms in total. The molecule has 0 N–H and O–H groups in total. The van der Waals surface area contributed by atoms with Gasteiger partial charge in [-0.05, 0) is 12.1 Å². The molecule has 0 unspecified atom stereocenters. The average Bonchev–Trinajstić information content (AvgIpc) is 3.25. The van der Waals surface area contributed by atoms with Crippen molar-refractivity contribution in [2.75, 3.05) is 20.2 Å². The fourth-order valence-electron chi connectivity index (χ4n) is 3.41. The van der Waals surface area contributed by atoms with E-state index in [1.54, 1.807) is 19.2 Å². The lowest BCUT2D eigenvalue weighted by Gasteiger charge is -2.17. The van der Waals surface area contributed by atoms with E-state index in [9.17, 15) is 14.0 Å². The van der Waals surface area contributed by atoms with Gasteiger partial charge < -0.3 is 14.4 Å². The number of rotatable bonds is 4. The van der Waals surface area contributed by atoms with Crippen molar-refractivity contribution < 1.29 is 18.7 Å². The summed E-state index contributed by atoms with van der Waals surface area (Å²) in [5.41, 5.74) is 0.192. The van der Waals surface area contributed by atoms with Gasteiger partial charge in [-0.3, -0.25) is 4.57 Å². The molecule has 3 aromatic rings. The van der Waals surface area contributed by atoms with Crippen molar-refractivity contribution in [3.63, 3.8) is 0 Å². The van der Waals surface area contributed by atoms with Gasteiger partial charge in [-0.1, -0.05) is 6.07 Å². The Balaban J connectivity index is 1.56. The molecule has 1 aliphatic rings. The molecule has 10 heteroatoms. The lowest BCUT2D eigenvalue weighted by atomic mass is 10.3. The quantitative estimate of drug-likeness (QED) is 0.659. The van der Waals surface area contributed by atoms with E-state index < -0.39 is 11.7 Å². The number of benzene rings is 1. The van der Waals surface area contributed by atoms with Crippen LogP contribution in [0.15, 0.2) is 35.3 Å². The summed E-state index contributed by atoms with van der Waals surface area (Å²) in [4.78, 5) is 35.7. The first-order valence-electron chi connectivity index (χ1n) is 9.11. The Bertz CT molecular complexity index is 1130. The average molecular weight is 401 g/mol. The van der Waals surface area contributed by atoms with E-state index in [2.05, 4.69) is 9.97 Å². The van der Waals surface area contributed by atoms with E-state index >= 15 is 0 Å². The number of nitrogens with zero attached hydrogens (tertiary/aromatic N) is 5. The number of aromatic nitrogens is 4. The topological polar surface area (TPSA) is 91.5 Å². The summed E-state index contributed by atoms with van der Waals surface area (Å²) < 4.78 is 26.5. The minimum absolute atomic E-state index is 0.203. The minimum atomic E-state index is -0.497. The van der Waals surface area contributed by atoms with Gasteiger partial charge in [-0.25, -0.2) is 28.5 Å². The van der Waals surface area contributed by atoms with Gasteiger partial charge in [-0.2, -0.15) is 0 Å². The van der Waals surface area contributed by atoms with Gasteiger partial charge in [0.15, 0.2) is 11.5 Å². The van der Waals surface area contributed by atoms with Crippen LogP contribution in [0.1, 0.15) is 12.2 Å². The largest absolute Gasteiger partial charge is 0.488 e. The van der Waals surface area contributed by atoms with Crippen molar-refractivity contribution in [2.45, 2.75) is 19.1 Å². The number of ether oxygens (including phenoxy) is 2. The second-order valence-electron chi connectivity index (χ2n) is 6.82. The monoisotopic (exact) mass is 401 g/mol. The Morgan fingerprint density at radius 1 is 1.38 bits per heavy atom. The second kappa shape index (κ2) is 7.63. The third-order valence-electron chi connectivity index (χ3n) is 4.82. The molecular formula is C19H20FN5O4. The number of aryl methyl sites for hydroxylation is 1. The minimum Gasteiger partial charge on any atom is -0.488 e. The molecule has 1 aromatic carbocycles. The Morgan fingerprint density at radius 3 is 2.97 bits per heavy atom. The van der Waals surface area contributed by atoms with Crippen molar-refractivity contribution in [2.24, 2.45) is 7.05 Å². The van der Waals surface area contributed by atoms with Crippen molar-refractivity contribution in [1.82, 2.24) is 24.0 Å². The van der Waals surface area contributed by atoms with Gasteiger partial charge in [0.25, 0.3) is 0 Å². The van der Waals surface area contributed by atoms with Gasteiger partial charge in [0.05, 0.1) is 12.7 Å². The second-order valence-corrected chi connectivity index (χ2v) is 6.82. The van der Waals surface area contributed by atoms with E-state index in [4.69, 9.17) is 9.47 Å². The molecule has 0 aliphatic carbocycles. The standard InChI is InChI=1S/C19H20FN5O4/c1-23-17-15(9-21-16(22-17)11-28-2)25(18(23)26)19(27)24-7-6-14(10-24)29-13-5-3-4-12(20)8-13/h3-5,8-9,14H,6-7,10-11H2,1-2H3/t14-/m0/s1. The molecule has 1 fully saturated rings. The number of hydrogen-bond acceptors (Lipinski definition) is 6. The Morgan fingerprint density at radius 2 is 2.21 bits per heavy atom. The molecule has 1 saturated heterocycles. The van der Waals surface area contributed by atoms with Crippen LogP contribution >= 0.6 is 0 Å². The van der Waals surface area contributed by atoms with E-state index in [1.165, 1.54) is 34.9 Å². The molecule has 0 saturated carbocycles. The molecular weight excluding hydrogens is 381 g/mol. The molecule has 1 aliphatic heterocycles. The summed E-state index contributed by atoms with van der Waals surface area (Å²) >= 11 is 0. The van der Waals surface area contributed by atoms with Crippen molar-refractivity contribution in [3.8, 4) is 5.75 Å². The molecule has 1 amide bonds. The Kier molecular flexibility index (Phi) is 5.01. The first kappa shape index (κ1) is 19.1. The summed E-state index contributed by atoms with van der Waals surface area (Å²) in [6, 6.07) is 5.40. The van der Waals surface area contributed by atoms with Gasteiger partial charge in [0.1, 0.15) is 29.8 Å². The van der Waals surface area contributed by atoms with Crippen LogP contribution in [0.25, 0.3) is 11.2 Å². The SMILES string of the molecule is COCc1ncc2c(n1)n(C)c(=O)n2C(=O)N1CC[C@H](Oc2cccc(F)c2)C1. The maximum absolute atomic E-state index is 13.3. The Labute approximate surface area is 165 Å². The summed E-state index contributed by atoms with van der Waals surface area (Å²) in [5.74, 6) is 0.444. The number of methoxy groups -OCH3 is 1. The predicted octanol–water partition coefficient (Wildman–Crippen LogP) is 1.54. The van der Waals surface area contributed by atoms with E-state index in [0.29, 0.717) is 42.2 Å². The highest BCUT2D eigenvalue weighted by molar-refractivity contribution is 5.87. The summed E-state index contributed by atoms with van der Waals surface area (Å²) in [7, 11) is 3.08.